The van der Waals surface area contributed by atoms with E-state index >= 15 is 0 Å². The van der Waals surface area contributed by atoms with Crippen LogP contribution in [0.2, 0.25) is 0 Å². The van der Waals surface area contributed by atoms with Crippen LogP contribution in [0.1, 0.15) is 0 Å². The third kappa shape index (κ3) is 8.75. The molecule has 1 fully saturated rings. The Balaban J connectivity index is 1.26. The van der Waals surface area contributed by atoms with E-state index in [0.717, 1.165) is 22.1 Å². The largest absolute Gasteiger partial charge is 0.378 e. The SMILES string of the molecule is CN(C)c1cccc2c(S(=O)(=O)N3CCOCCOCCN(S(=O)(=O)c4cccc5c(N(C)C)cccc45)CCOCCOCC3)cccc12. The zero-order chi connectivity index (χ0) is 35.7. The zero-order valence-electron chi connectivity index (χ0n) is 29.3. The van der Waals surface area contributed by atoms with Gasteiger partial charge in [0, 0.05) is 87.3 Å². The summed E-state index contributed by atoms with van der Waals surface area (Å²) in [6, 6.07) is 22.0. The van der Waals surface area contributed by atoms with Crippen molar-refractivity contribution in [2.45, 2.75) is 9.79 Å². The lowest BCUT2D eigenvalue weighted by molar-refractivity contribution is 0.0238. The Hall–Kier alpha value is -3.34. The maximum absolute atomic E-state index is 14.0. The van der Waals surface area contributed by atoms with Gasteiger partial charge in [0.15, 0.2) is 0 Å². The average Bonchev–Trinajstić information content (AvgIpc) is 3.10. The van der Waals surface area contributed by atoms with Gasteiger partial charge in [-0.05, 0) is 24.3 Å². The number of rotatable bonds is 6. The van der Waals surface area contributed by atoms with Gasteiger partial charge in [0.2, 0.25) is 20.0 Å². The van der Waals surface area contributed by atoms with E-state index in [1.54, 1.807) is 24.3 Å². The molecule has 0 bridgehead atoms. The highest BCUT2D eigenvalue weighted by Crippen LogP contribution is 2.33. The fraction of sp³-hybridized carbons (Fsp3) is 0.444. The minimum absolute atomic E-state index is 0.124. The van der Waals surface area contributed by atoms with Crippen molar-refractivity contribution in [2.24, 2.45) is 0 Å². The second kappa shape index (κ2) is 17.2. The molecule has 1 saturated heterocycles. The summed E-state index contributed by atoms with van der Waals surface area (Å²) in [5, 5.41) is 3.00. The number of ether oxygens (including phenoxy) is 4. The summed E-state index contributed by atoms with van der Waals surface area (Å²) >= 11 is 0. The van der Waals surface area contributed by atoms with Crippen molar-refractivity contribution in [1.82, 2.24) is 8.61 Å². The molecule has 50 heavy (non-hydrogen) atoms. The van der Waals surface area contributed by atoms with Crippen LogP contribution in [0.3, 0.4) is 0 Å². The second-order valence-corrected chi connectivity index (χ2v) is 16.1. The third-order valence-corrected chi connectivity index (χ3v) is 12.5. The molecule has 0 radical (unpaired) electrons. The number of anilines is 2. The molecular weight excluding hydrogens is 681 g/mol. The van der Waals surface area contributed by atoms with E-state index in [1.165, 1.54) is 8.61 Å². The van der Waals surface area contributed by atoms with Crippen LogP contribution in [0.15, 0.2) is 82.6 Å². The van der Waals surface area contributed by atoms with E-state index in [1.807, 2.05) is 86.5 Å². The summed E-state index contributed by atoms with van der Waals surface area (Å²) in [5.41, 5.74) is 1.86. The Bertz CT molecular complexity index is 1790. The minimum atomic E-state index is -3.90. The average molecular weight is 729 g/mol. The third-order valence-electron chi connectivity index (χ3n) is 8.60. The summed E-state index contributed by atoms with van der Waals surface area (Å²) in [6.45, 7) is 1.97. The van der Waals surface area contributed by atoms with E-state index in [4.69, 9.17) is 18.9 Å². The molecule has 272 valence electrons. The first-order valence-corrected chi connectivity index (χ1v) is 19.6. The van der Waals surface area contributed by atoms with Gasteiger partial charge in [-0.2, -0.15) is 8.61 Å². The standard InChI is InChI=1S/C36H48N4O8S2/c1-37(2)33-13-5-11-31-29(33)9-7-15-35(31)49(41,42)39-17-21-45-25-27-47-23-19-40(20-24-48-28-26-46-22-18-39)50(43,44)36-16-8-10-30-32(36)12-6-14-34(30)38(3)4/h5-16H,17-28H2,1-4H3. The maximum Gasteiger partial charge on any atom is 0.243 e. The number of nitrogens with zero attached hydrogens (tertiary/aromatic N) is 4. The fourth-order valence-corrected chi connectivity index (χ4v) is 9.28. The molecule has 12 nitrogen and oxygen atoms in total. The smallest absolute Gasteiger partial charge is 0.243 e. The quantitative estimate of drug-likeness (QED) is 0.290. The molecular formula is C36H48N4O8S2. The van der Waals surface area contributed by atoms with Crippen LogP contribution in [0.25, 0.3) is 21.5 Å². The van der Waals surface area contributed by atoms with Gasteiger partial charge in [0.25, 0.3) is 0 Å². The van der Waals surface area contributed by atoms with E-state index in [9.17, 15) is 16.8 Å². The Morgan fingerprint density at radius 3 is 1.06 bits per heavy atom. The number of hydrogen-bond donors (Lipinski definition) is 0. The monoisotopic (exact) mass is 728 g/mol. The van der Waals surface area contributed by atoms with Crippen molar-refractivity contribution in [1.29, 1.82) is 0 Å². The van der Waals surface area contributed by atoms with Gasteiger partial charge in [-0.1, -0.05) is 48.5 Å². The number of hydrogen-bond acceptors (Lipinski definition) is 10. The normalized spacial score (nSPS) is 17.7. The van der Waals surface area contributed by atoms with Crippen molar-refractivity contribution in [3.05, 3.63) is 72.8 Å². The summed E-state index contributed by atoms with van der Waals surface area (Å²) < 4.78 is 82.1. The van der Waals surface area contributed by atoms with Gasteiger partial charge in [-0.25, -0.2) is 16.8 Å². The molecule has 1 aliphatic heterocycles. The summed E-state index contributed by atoms with van der Waals surface area (Å²) in [6.07, 6.45) is 0. The Labute approximate surface area is 296 Å². The van der Waals surface area contributed by atoms with Crippen LogP contribution in [-0.2, 0) is 39.0 Å². The van der Waals surface area contributed by atoms with Crippen LogP contribution in [0.5, 0.6) is 0 Å². The van der Waals surface area contributed by atoms with Crippen LogP contribution in [0, 0.1) is 0 Å². The summed E-state index contributed by atoms with van der Waals surface area (Å²) in [5.74, 6) is 0. The molecule has 1 heterocycles. The topological polar surface area (TPSA) is 118 Å². The van der Waals surface area contributed by atoms with Crippen molar-refractivity contribution in [2.75, 3.05) is 117 Å². The van der Waals surface area contributed by atoms with Gasteiger partial charge in [0.05, 0.1) is 62.6 Å². The molecule has 0 aliphatic carbocycles. The number of fused-ring (bicyclic) bond motifs is 2. The molecule has 0 aromatic heterocycles. The molecule has 0 spiro atoms. The Kier molecular flexibility index (Phi) is 13.1. The van der Waals surface area contributed by atoms with Crippen molar-refractivity contribution in [3.8, 4) is 0 Å². The first-order chi connectivity index (χ1) is 24.0. The highest BCUT2D eigenvalue weighted by molar-refractivity contribution is 7.89. The van der Waals surface area contributed by atoms with E-state index in [-0.39, 0.29) is 88.8 Å². The second-order valence-electron chi connectivity index (χ2n) is 12.3. The van der Waals surface area contributed by atoms with Crippen LogP contribution in [0.4, 0.5) is 11.4 Å². The Morgan fingerprint density at radius 1 is 0.440 bits per heavy atom. The number of sulfonamides is 2. The molecule has 1 aliphatic rings. The van der Waals surface area contributed by atoms with E-state index in [2.05, 4.69) is 0 Å². The van der Waals surface area contributed by atoms with E-state index in [0.29, 0.717) is 10.8 Å². The van der Waals surface area contributed by atoms with Crippen molar-refractivity contribution >= 4 is 53.0 Å². The van der Waals surface area contributed by atoms with Crippen molar-refractivity contribution in [3.63, 3.8) is 0 Å². The van der Waals surface area contributed by atoms with Gasteiger partial charge >= 0.3 is 0 Å². The summed E-state index contributed by atoms with van der Waals surface area (Å²) in [4.78, 5) is 4.38. The minimum Gasteiger partial charge on any atom is -0.378 e. The first kappa shape index (κ1) is 37.9. The Morgan fingerprint density at radius 2 is 0.740 bits per heavy atom. The maximum atomic E-state index is 14.0. The van der Waals surface area contributed by atoms with Gasteiger partial charge in [-0.3, -0.25) is 0 Å². The molecule has 0 amide bonds. The zero-order valence-corrected chi connectivity index (χ0v) is 30.9. The first-order valence-electron chi connectivity index (χ1n) is 16.7. The fourth-order valence-electron chi connectivity index (χ4n) is 6.05. The lowest BCUT2D eigenvalue weighted by Crippen LogP contribution is -2.38. The molecule has 4 aromatic rings. The van der Waals surface area contributed by atoms with Crippen molar-refractivity contribution < 1.29 is 35.8 Å². The predicted octanol–water partition coefficient (Wildman–Crippen LogP) is 3.89. The van der Waals surface area contributed by atoms with Gasteiger partial charge in [0.1, 0.15) is 0 Å². The van der Waals surface area contributed by atoms with Gasteiger partial charge in [-0.15, -0.1) is 0 Å². The molecule has 0 N–H and O–H groups in total. The summed E-state index contributed by atoms with van der Waals surface area (Å²) in [7, 11) is -0.0773. The van der Waals surface area contributed by atoms with Crippen LogP contribution < -0.4 is 9.80 Å². The van der Waals surface area contributed by atoms with Gasteiger partial charge < -0.3 is 28.7 Å². The van der Waals surface area contributed by atoms with Crippen LogP contribution in [-0.4, -0.2) is 133 Å². The number of benzene rings is 4. The molecule has 0 saturated carbocycles. The molecule has 14 heteroatoms. The lowest BCUT2D eigenvalue weighted by atomic mass is 10.1. The molecule has 5 rings (SSSR count). The molecule has 4 aromatic carbocycles. The predicted molar refractivity (Wildman–Crippen MR) is 197 cm³/mol. The van der Waals surface area contributed by atoms with E-state index < -0.39 is 20.0 Å². The lowest BCUT2D eigenvalue weighted by Gasteiger charge is -2.25. The molecule has 0 unspecified atom stereocenters. The highest BCUT2D eigenvalue weighted by Gasteiger charge is 2.28. The molecule has 0 atom stereocenters. The van der Waals surface area contributed by atoms with Crippen LogP contribution >= 0.6 is 0 Å². The highest BCUT2D eigenvalue weighted by atomic mass is 32.2.